The molecule has 3 aliphatic rings. The van der Waals surface area contributed by atoms with Gasteiger partial charge in [-0.05, 0) is 215 Å². The molecule has 0 aliphatic carbocycles. The molecule has 0 saturated carbocycles. The molecule has 16 rings (SSSR count). The third kappa shape index (κ3) is 16.7. The van der Waals surface area contributed by atoms with Gasteiger partial charge in [0, 0.05) is 79.0 Å². The van der Waals surface area contributed by atoms with E-state index in [2.05, 4.69) is 44.2 Å². The van der Waals surface area contributed by atoms with Crippen LogP contribution >= 0.6 is 22.6 Å². The zero-order valence-corrected chi connectivity index (χ0v) is 65.0. The van der Waals surface area contributed by atoms with Crippen LogP contribution in [-0.2, 0) is 45.5 Å². The molecule has 21 nitrogen and oxygen atoms in total. The standard InChI is InChI=1S/C34H31N3O5S.C28H27N3O3.C25H20IN3O4S/c1-34(2,38)26-8-6-7-24(20-26)31-21-30-29(13-16-36-33(30)37(31)43(39,40)28-9-4-3-5-10-28)23-11-12-32(25(19-23)22-35)42-27-14-17-41-18-15-27;1-28(2,32)21-5-3-4-19(15-21)25-16-24-23(8-11-30-27(24)31-25)18-6-7-26(20(14-18)17-29)34-22-9-12-33-13-10-22;26-24-15-22-21(8-11-28-25(22)29(24)34(30,31)20-4-2-1-3-5-20)17-6-7-23(18(14-17)16-27)33-19-9-12-32-13-10-19/h3-13,16,19-21,27,38H,14-15,17-18H2,1-2H3;3-8,11,14-16,22,32H,9-10,12-13H2,1-2H3,(H,30,31);1-8,11,14-15,19H,9-10,12-13H2. The van der Waals surface area contributed by atoms with Crippen LogP contribution in [-0.4, -0.2) is 113 Å². The molecule has 0 unspecified atom stereocenters. The molecule has 3 saturated heterocycles. The highest BCUT2D eigenvalue weighted by molar-refractivity contribution is 14.1. The number of hydrogen-bond donors (Lipinski definition) is 3. The van der Waals surface area contributed by atoms with Crippen molar-refractivity contribution < 1.29 is 55.5 Å². The summed E-state index contributed by atoms with van der Waals surface area (Å²) in [6.07, 6.45) is 9.78. The fraction of sp³-hybridized carbons (Fsp3) is 0.241. The lowest BCUT2D eigenvalue weighted by Gasteiger charge is -2.24. The Balaban J connectivity index is 0.000000140. The van der Waals surface area contributed by atoms with Gasteiger partial charge in [0.25, 0.3) is 20.0 Å². The minimum Gasteiger partial charge on any atom is -0.489 e. The van der Waals surface area contributed by atoms with Crippen LogP contribution in [0.5, 0.6) is 17.2 Å². The summed E-state index contributed by atoms with van der Waals surface area (Å²) in [5, 5.41) is 52.9. The molecule has 562 valence electrons. The van der Waals surface area contributed by atoms with Crippen molar-refractivity contribution in [1.29, 1.82) is 15.8 Å². The second-order valence-corrected chi connectivity index (χ2v) is 32.9. The van der Waals surface area contributed by atoms with E-state index >= 15 is 0 Å². The van der Waals surface area contributed by atoms with Gasteiger partial charge in [-0.1, -0.05) is 91.0 Å². The number of hydrogen-bond acceptors (Lipinski definition) is 18. The molecule has 13 aromatic rings. The van der Waals surface area contributed by atoms with Gasteiger partial charge >= 0.3 is 0 Å². The molecule has 111 heavy (non-hydrogen) atoms. The molecule has 3 aliphatic heterocycles. The lowest BCUT2D eigenvalue weighted by Crippen LogP contribution is -2.26. The van der Waals surface area contributed by atoms with E-state index < -0.39 is 31.2 Å². The maximum Gasteiger partial charge on any atom is 0.270 e. The predicted molar refractivity (Wildman–Crippen MR) is 432 cm³/mol. The van der Waals surface area contributed by atoms with Crippen molar-refractivity contribution >= 4 is 75.7 Å². The number of nitriles is 3. The Labute approximate surface area is 657 Å². The van der Waals surface area contributed by atoms with Gasteiger partial charge in [-0.3, -0.25) is 0 Å². The highest BCUT2D eigenvalue weighted by Gasteiger charge is 2.30. The first-order chi connectivity index (χ1) is 53.6. The average molecular weight is 1630 g/mol. The number of benzene rings is 7. The Morgan fingerprint density at radius 2 is 0.829 bits per heavy atom. The third-order valence-electron chi connectivity index (χ3n) is 19.7. The van der Waals surface area contributed by atoms with Crippen LogP contribution in [0.2, 0.25) is 0 Å². The summed E-state index contributed by atoms with van der Waals surface area (Å²) in [4.78, 5) is 17.2. The number of fused-ring (bicyclic) bond motifs is 3. The summed E-state index contributed by atoms with van der Waals surface area (Å²) >= 11 is 2.01. The van der Waals surface area contributed by atoms with E-state index in [1.807, 2.05) is 101 Å². The molecule has 3 fully saturated rings. The van der Waals surface area contributed by atoms with Crippen molar-refractivity contribution in [3.63, 3.8) is 0 Å². The van der Waals surface area contributed by atoms with Crippen molar-refractivity contribution in [2.24, 2.45) is 0 Å². The molecule has 3 N–H and O–H groups in total. The summed E-state index contributed by atoms with van der Waals surface area (Å²) in [6.45, 7) is 10.9. The van der Waals surface area contributed by atoms with Crippen LogP contribution in [0.15, 0.2) is 229 Å². The van der Waals surface area contributed by atoms with E-state index in [-0.39, 0.29) is 33.8 Å². The van der Waals surface area contributed by atoms with E-state index in [1.165, 1.54) is 7.94 Å². The van der Waals surface area contributed by atoms with Crippen molar-refractivity contribution in [2.45, 2.75) is 106 Å². The third-order valence-corrected chi connectivity index (χ3v) is 24.3. The number of rotatable bonds is 17. The summed E-state index contributed by atoms with van der Waals surface area (Å²) in [6, 6.07) is 66.3. The Kier molecular flexibility index (Phi) is 22.7. The van der Waals surface area contributed by atoms with Gasteiger partial charge in [0.1, 0.15) is 59.4 Å². The van der Waals surface area contributed by atoms with Crippen LogP contribution in [0.3, 0.4) is 0 Å². The number of pyridine rings is 3. The number of nitrogens with one attached hydrogen (secondary N) is 1. The molecule has 0 atom stereocenters. The summed E-state index contributed by atoms with van der Waals surface area (Å²) in [5.41, 5.74) is 9.99. The number of ether oxygens (including phenoxy) is 6. The number of aliphatic hydroxyl groups is 2. The SMILES string of the molecule is CC(C)(O)c1cccc(-c2cc3c(-c4ccc(OC5CCOCC5)c(C#N)c4)ccnc3[nH]2)c1.CC(C)(O)c1cccc(-c2cc3c(-c4ccc(OC5CCOCC5)c(C#N)c4)ccnc3n2S(=O)(=O)c2ccccc2)c1.N#Cc1cc(-c2ccnc3c2cc(I)n3S(=O)(=O)c2ccccc2)ccc1OC1CCOCC1. The van der Waals surface area contributed by atoms with Crippen LogP contribution < -0.4 is 14.2 Å². The van der Waals surface area contributed by atoms with E-state index in [9.17, 15) is 42.8 Å². The molecule has 24 heteroatoms. The lowest BCUT2D eigenvalue weighted by atomic mass is 9.95. The first kappa shape index (κ1) is 76.7. The molecule has 0 amide bonds. The first-order valence-corrected chi connectivity index (χ1v) is 40.3. The second kappa shape index (κ2) is 32.8. The topological polar surface area (TPSA) is 300 Å². The van der Waals surface area contributed by atoms with Gasteiger partial charge in [-0.2, -0.15) is 15.8 Å². The fourth-order valence-electron chi connectivity index (χ4n) is 13.8. The molecule has 6 aromatic heterocycles. The molecular formula is C87H78IN9O12S2. The minimum absolute atomic E-state index is 0.0150. The fourth-order valence-corrected chi connectivity index (χ4v) is 18.0. The lowest BCUT2D eigenvalue weighted by molar-refractivity contribution is 0.0252. The summed E-state index contributed by atoms with van der Waals surface area (Å²) < 4.78 is 92.7. The van der Waals surface area contributed by atoms with Crippen molar-refractivity contribution in [2.75, 3.05) is 39.6 Å². The number of aromatic amines is 1. The molecule has 9 heterocycles. The molecule has 0 spiro atoms. The molecule has 7 aromatic carbocycles. The van der Waals surface area contributed by atoms with Crippen LogP contribution in [0.1, 0.15) is 94.0 Å². The monoisotopic (exact) mass is 1630 g/mol. The van der Waals surface area contributed by atoms with Crippen LogP contribution in [0.4, 0.5) is 0 Å². The zero-order valence-electron chi connectivity index (χ0n) is 61.3. The second-order valence-electron chi connectivity index (χ2n) is 28.2. The Morgan fingerprint density at radius 1 is 0.441 bits per heavy atom. The zero-order chi connectivity index (χ0) is 77.6. The van der Waals surface area contributed by atoms with Gasteiger partial charge in [-0.25, -0.2) is 39.7 Å². The molecule has 0 bridgehead atoms. The molecule has 0 radical (unpaired) electrons. The minimum atomic E-state index is -4.08. The van der Waals surface area contributed by atoms with Gasteiger partial charge in [0.05, 0.1) is 86.7 Å². The van der Waals surface area contributed by atoms with E-state index in [1.54, 1.807) is 162 Å². The van der Waals surface area contributed by atoms with Crippen molar-refractivity contribution in [3.8, 4) is 91.4 Å². The number of H-pyrrole nitrogens is 1. The van der Waals surface area contributed by atoms with E-state index in [0.29, 0.717) is 111 Å². The Morgan fingerprint density at radius 3 is 1.26 bits per heavy atom. The van der Waals surface area contributed by atoms with Gasteiger partial charge in [0.2, 0.25) is 0 Å². The summed E-state index contributed by atoms with van der Waals surface area (Å²) in [5.74, 6) is 1.67. The first-order valence-electron chi connectivity index (χ1n) is 36.4. The number of halogens is 1. The highest BCUT2D eigenvalue weighted by atomic mass is 127. The van der Waals surface area contributed by atoms with Gasteiger partial charge in [0.15, 0.2) is 11.3 Å². The largest absolute Gasteiger partial charge is 0.489 e. The molecular weight excluding hydrogens is 1550 g/mol. The Bertz CT molecular complexity index is 5980. The maximum absolute atomic E-state index is 14.2. The maximum atomic E-state index is 14.2. The van der Waals surface area contributed by atoms with Crippen molar-refractivity contribution in [3.05, 3.63) is 250 Å². The number of nitrogens with zero attached hydrogens (tertiary/aromatic N) is 8. The smallest absolute Gasteiger partial charge is 0.270 e. The normalized spacial score (nSPS) is 14.6. The van der Waals surface area contributed by atoms with Crippen molar-refractivity contribution in [1.82, 2.24) is 27.9 Å². The van der Waals surface area contributed by atoms with E-state index in [0.717, 1.165) is 99.8 Å². The quantitative estimate of drug-likeness (QED) is 0.0714. The van der Waals surface area contributed by atoms with Gasteiger partial charge in [-0.15, -0.1) is 0 Å². The Hall–Kier alpha value is -11.1. The van der Waals surface area contributed by atoms with E-state index in [4.69, 9.17) is 28.4 Å². The van der Waals surface area contributed by atoms with Crippen LogP contribution in [0, 0.1) is 37.7 Å². The summed E-state index contributed by atoms with van der Waals surface area (Å²) in [7, 11) is -7.90. The average Bonchev–Trinajstić information content (AvgIpc) is 1.56. The highest BCUT2D eigenvalue weighted by Crippen LogP contribution is 2.42. The van der Waals surface area contributed by atoms with Crippen LogP contribution in [0.25, 0.3) is 89.0 Å². The predicted octanol–water partition coefficient (Wildman–Crippen LogP) is 16.8. The van der Waals surface area contributed by atoms with Gasteiger partial charge < -0.3 is 43.6 Å². The number of aromatic nitrogens is 6.